The van der Waals surface area contributed by atoms with Crippen molar-refractivity contribution in [3.63, 3.8) is 0 Å². The molecule has 1 aromatic heterocycles. The number of hydrogen-bond donors (Lipinski definition) is 2. The van der Waals surface area contributed by atoms with Crippen molar-refractivity contribution in [1.82, 2.24) is 9.78 Å². The van der Waals surface area contributed by atoms with Crippen molar-refractivity contribution in [2.75, 3.05) is 0 Å². The zero-order valence-electron chi connectivity index (χ0n) is 13.2. The molecular weight excluding hydrogens is 223 g/mol. The molecule has 1 heterocycles. The average molecular weight is 243 g/mol. The molecule has 0 amide bonds. The van der Waals surface area contributed by atoms with E-state index in [1.807, 2.05) is 0 Å². The number of nitrogens with zero attached hydrogens (tertiary/aromatic N) is 2. The van der Waals surface area contributed by atoms with Crippen LogP contribution in [0.3, 0.4) is 0 Å². The topological polar surface area (TPSA) is 84.6 Å². The maximum Gasteiger partial charge on any atom is 0.492 e. The highest BCUT2D eigenvalue weighted by atomic mass is 16.6. The highest BCUT2D eigenvalue weighted by Crippen LogP contribution is 2.11. The largest absolute Gasteiger partial charge is 0.492 e. The van der Waals surface area contributed by atoms with Crippen molar-refractivity contribution in [3.05, 3.63) is 11.4 Å². The van der Waals surface area contributed by atoms with Crippen LogP contribution < -0.4 is 5.46 Å². The summed E-state index contributed by atoms with van der Waals surface area (Å²) in [5.41, 5.74) is -1.52. The minimum Gasteiger partial charge on any atom is -0.455 e. The van der Waals surface area contributed by atoms with Crippen molar-refractivity contribution in [3.8, 4) is 0 Å². The van der Waals surface area contributed by atoms with Gasteiger partial charge in [-0.25, -0.2) is 4.79 Å². The molecular formula is C10H17BN2O4. The molecule has 94 valence electrons. The number of aromatic nitrogens is 2. The lowest BCUT2D eigenvalue weighted by molar-refractivity contribution is 0.00630. The van der Waals surface area contributed by atoms with Crippen LogP contribution in [-0.2, 0) is 11.7 Å². The maximum absolute atomic E-state index is 12.0. The first kappa shape index (κ1) is 9.67. The maximum atomic E-state index is 12.0. The van der Waals surface area contributed by atoms with Gasteiger partial charge in [-0.1, -0.05) is 0 Å². The summed E-state index contributed by atoms with van der Waals surface area (Å²) in [7, 11) is -2.02. The van der Waals surface area contributed by atoms with Crippen molar-refractivity contribution < 1.29 is 23.7 Å². The number of esters is 1. The lowest BCUT2D eigenvalue weighted by Crippen LogP contribution is -2.37. The Morgan fingerprint density at radius 2 is 2.12 bits per heavy atom. The van der Waals surface area contributed by atoms with E-state index >= 15 is 0 Å². The number of aryl methyl sites for hydroxylation is 1. The Balaban J connectivity index is 3.36. The van der Waals surface area contributed by atoms with Crippen molar-refractivity contribution in [1.29, 1.82) is 0 Å². The van der Waals surface area contributed by atoms with Crippen LogP contribution in [0.5, 0.6) is 0 Å². The lowest BCUT2D eigenvalue weighted by Gasteiger charge is -2.19. The normalized spacial score (nSPS) is 14.8. The van der Waals surface area contributed by atoms with Crippen molar-refractivity contribution in [2.24, 2.45) is 6.98 Å². The molecule has 6 nitrogen and oxygen atoms in total. The summed E-state index contributed by atoms with van der Waals surface area (Å²) in [5.74, 6) is -0.910. The molecule has 0 unspecified atom stereocenters. The molecule has 0 fully saturated rings. The Morgan fingerprint density at radius 1 is 1.53 bits per heavy atom. The molecule has 0 aliphatic rings. The van der Waals surface area contributed by atoms with Crippen LogP contribution >= 0.6 is 0 Å². The van der Waals surface area contributed by atoms with Gasteiger partial charge in [-0.05, 0) is 27.7 Å². The van der Waals surface area contributed by atoms with Gasteiger partial charge in [-0.2, -0.15) is 5.10 Å². The summed E-state index contributed by atoms with van der Waals surface area (Å²) in [4.78, 5) is 12.0. The summed E-state index contributed by atoms with van der Waals surface area (Å²) in [6.07, 6.45) is 0. The van der Waals surface area contributed by atoms with E-state index in [0.29, 0.717) is 4.68 Å². The van der Waals surface area contributed by atoms with Crippen LogP contribution in [-0.4, -0.2) is 38.5 Å². The van der Waals surface area contributed by atoms with Gasteiger partial charge >= 0.3 is 13.1 Å². The number of carbonyl (C=O) groups is 1. The van der Waals surface area contributed by atoms with E-state index in [1.165, 1.54) is 6.92 Å². The molecule has 17 heavy (non-hydrogen) atoms. The van der Waals surface area contributed by atoms with Gasteiger partial charge in [-0.15, -0.1) is 0 Å². The summed E-state index contributed by atoms with van der Waals surface area (Å²) in [6, 6.07) is 0. The van der Waals surface area contributed by atoms with Crippen LogP contribution in [0.1, 0.15) is 41.1 Å². The van der Waals surface area contributed by atoms with Gasteiger partial charge in [0.2, 0.25) is 0 Å². The van der Waals surface area contributed by atoms with Gasteiger partial charge < -0.3 is 14.8 Å². The first-order valence-electron chi connectivity index (χ1n) is 6.54. The highest BCUT2D eigenvalue weighted by molar-refractivity contribution is 6.60. The predicted molar refractivity (Wildman–Crippen MR) is 62.9 cm³/mol. The SMILES string of the molecule is [2H]C([2H])([2H])n1nc(C(=O)OC(C)(C)C)c(B(O)O)c1C. The molecule has 0 aromatic carbocycles. The smallest absolute Gasteiger partial charge is 0.455 e. The molecule has 0 radical (unpaired) electrons. The summed E-state index contributed by atoms with van der Waals surface area (Å²) in [5, 5.41) is 22.3. The van der Waals surface area contributed by atoms with Crippen LogP contribution in [0.15, 0.2) is 0 Å². The van der Waals surface area contributed by atoms with E-state index in [1.54, 1.807) is 20.8 Å². The van der Waals surface area contributed by atoms with E-state index in [2.05, 4.69) is 5.10 Å². The van der Waals surface area contributed by atoms with E-state index in [4.69, 9.17) is 8.85 Å². The fourth-order valence-corrected chi connectivity index (χ4v) is 1.30. The molecule has 0 spiro atoms. The van der Waals surface area contributed by atoms with E-state index in [0.717, 1.165) is 0 Å². The minimum atomic E-state index is -2.63. The second-order valence-electron chi connectivity index (χ2n) is 4.64. The molecule has 0 bridgehead atoms. The van der Waals surface area contributed by atoms with Crippen LogP contribution in [0.4, 0.5) is 0 Å². The number of rotatable bonds is 2. The van der Waals surface area contributed by atoms with Crippen LogP contribution in [0, 0.1) is 6.92 Å². The quantitative estimate of drug-likeness (QED) is 0.533. The van der Waals surface area contributed by atoms with Crippen molar-refractivity contribution >= 4 is 18.6 Å². The fraction of sp³-hybridized carbons (Fsp3) is 0.600. The summed E-state index contributed by atoms with van der Waals surface area (Å²) in [6.45, 7) is 3.60. The number of ether oxygens (including phenoxy) is 1. The summed E-state index contributed by atoms with van der Waals surface area (Å²) >= 11 is 0. The first-order valence-corrected chi connectivity index (χ1v) is 5.04. The van der Waals surface area contributed by atoms with Gasteiger partial charge in [0, 0.05) is 22.2 Å². The molecule has 0 saturated carbocycles. The lowest BCUT2D eigenvalue weighted by atomic mass is 9.78. The third-order valence-corrected chi connectivity index (χ3v) is 2.01. The van der Waals surface area contributed by atoms with E-state index in [9.17, 15) is 14.8 Å². The number of carbonyl (C=O) groups excluding carboxylic acids is 1. The van der Waals surface area contributed by atoms with E-state index < -0.39 is 31.4 Å². The van der Waals surface area contributed by atoms with Gasteiger partial charge in [0.25, 0.3) is 0 Å². The van der Waals surface area contributed by atoms with Crippen LogP contribution in [0.25, 0.3) is 0 Å². The van der Waals surface area contributed by atoms with Crippen molar-refractivity contribution in [2.45, 2.75) is 33.3 Å². The zero-order valence-corrected chi connectivity index (χ0v) is 10.2. The Kier molecular flexibility index (Phi) is 2.56. The molecule has 1 rings (SSSR count). The first-order chi connectivity index (χ1) is 8.84. The Labute approximate surface area is 105 Å². The molecule has 0 atom stereocenters. The van der Waals surface area contributed by atoms with Gasteiger partial charge in [0.05, 0.1) is 0 Å². The predicted octanol–water partition coefficient (Wildman–Crippen LogP) is -0.636. The molecule has 0 aliphatic carbocycles. The molecule has 2 N–H and O–H groups in total. The monoisotopic (exact) mass is 243 g/mol. The molecule has 7 heteroatoms. The third-order valence-electron chi connectivity index (χ3n) is 2.01. The minimum absolute atomic E-state index is 0.0270. The third kappa shape index (κ3) is 3.07. The second kappa shape index (κ2) is 4.50. The van der Waals surface area contributed by atoms with Gasteiger partial charge in [0.1, 0.15) is 5.60 Å². The highest BCUT2D eigenvalue weighted by Gasteiger charge is 2.30. The second-order valence-corrected chi connectivity index (χ2v) is 4.64. The fourth-order valence-electron chi connectivity index (χ4n) is 1.30. The van der Waals surface area contributed by atoms with Gasteiger partial charge in [-0.3, -0.25) is 4.68 Å². The van der Waals surface area contributed by atoms with Gasteiger partial charge in [0.15, 0.2) is 5.69 Å². The zero-order chi connectivity index (χ0) is 15.9. The number of hydrogen-bond acceptors (Lipinski definition) is 5. The summed E-state index contributed by atoms with van der Waals surface area (Å²) < 4.78 is 27.6. The van der Waals surface area contributed by atoms with Crippen LogP contribution in [0.2, 0.25) is 0 Å². The molecule has 0 aliphatic heterocycles. The standard InChI is InChI=1S/C10H17BN2O4/c1-6-7(11(15)16)8(12-13(6)5)9(14)17-10(2,3)4/h15-16H,1-5H3/i5D3. The molecule has 1 aromatic rings. The Morgan fingerprint density at radius 3 is 2.53 bits per heavy atom. The Hall–Kier alpha value is -1.34. The molecule has 0 saturated heterocycles. The van der Waals surface area contributed by atoms with E-state index in [-0.39, 0.29) is 11.2 Å². The average Bonchev–Trinajstić information content (AvgIpc) is 2.52. The Bertz CT molecular complexity index is 520.